The van der Waals surface area contributed by atoms with Gasteiger partial charge in [-0.1, -0.05) is 55.5 Å². The lowest BCUT2D eigenvalue weighted by molar-refractivity contribution is -0.120. The third-order valence-electron chi connectivity index (χ3n) is 3.69. The number of rotatable bonds is 6. The molecule has 1 atom stereocenters. The number of amides is 1. The van der Waals surface area contributed by atoms with E-state index in [0.717, 1.165) is 17.7 Å². The van der Waals surface area contributed by atoms with Crippen molar-refractivity contribution in [3.8, 4) is 6.07 Å². The normalized spacial score (nSPS) is 11.5. The quantitative estimate of drug-likeness (QED) is 0.803. The maximum Gasteiger partial charge on any atom is 0.234 e. The van der Waals surface area contributed by atoms with E-state index in [0.29, 0.717) is 13.0 Å². The van der Waals surface area contributed by atoms with Crippen molar-refractivity contribution >= 4 is 11.6 Å². The summed E-state index contributed by atoms with van der Waals surface area (Å²) in [4.78, 5) is 14.7. The van der Waals surface area contributed by atoms with Gasteiger partial charge in [-0.15, -0.1) is 0 Å². The molecule has 1 unspecified atom stereocenters. The molecule has 0 bridgehead atoms. The molecule has 0 aliphatic carbocycles. The molecule has 0 saturated carbocycles. The summed E-state index contributed by atoms with van der Waals surface area (Å²) in [7, 11) is 0. The molecular weight excluding hydrogens is 272 g/mol. The minimum Gasteiger partial charge on any atom is -0.311 e. The van der Waals surface area contributed by atoms with Gasteiger partial charge in [0.2, 0.25) is 5.91 Å². The molecule has 0 aliphatic rings. The summed E-state index contributed by atoms with van der Waals surface area (Å²) in [6.45, 7) is 2.44. The van der Waals surface area contributed by atoms with Crippen LogP contribution in [-0.4, -0.2) is 12.5 Å². The molecule has 3 heteroatoms. The largest absolute Gasteiger partial charge is 0.311 e. The number of hydrogen-bond acceptors (Lipinski definition) is 2. The highest BCUT2D eigenvalue weighted by atomic mass is 16.2. The molecular formula is C19H20N2O. The van der Waals surface area contributed by atoms with Gasteiger partial charge in [0.05, 0.1) is 18.4 Å². The average Bonchev–Trinajstić information content (AvgIpc) is 2.58. The fourth-order valence-electron chi connectivity index (χ4n) is 2.56. The Morgan fingerprint density at radius 2 is 1.68 bits per heavy atom. The van der Waals surface area contributed by atoms with Gasteiger partial charge in [-0.05, 0) is 24.1 Å². The summed E-state index contributed by atoms with van der Waals surface area (Å²) in [5.74, 6) is -0.129. The molecule has 0 aliphatic heterocycles. The first-order chi connectivity index (χ1) is 10.8. The standard InChI is InChI=1S/C19H20N2O/c1-2-18(16-10-5-3-6-11-16)19(22)21(15-9-14-20)17-12-7-4-8-13-17/h3-8,10-13,18H,2,9,15H2,1H3. The molecule has 0 fully saturated rings. The Balaban J connectivity index is 2.30. The first-order valence-corrected chi connectivity index (χ1v) is 7.56. The van der Waals surface area contributed by atoms with Crippen molar-refractivity contribution < 1.29 is 4.79 Å². The fraction of sp³-hybridized carbons (Fsp3) is 0.263. The van der Waals surface area contributed by atoms with Crippen LogP contribution in [0.1, 0.15) is 31.2 Å². The second kappa shape index (κ2) is 7.99. The lowest BCUT2D eigenvalue weighted by atomic mass is 9.94. The van der Waals surface area contributed by atoms with Gasteiger partial charge in [-0.3, -0.25) is 4.79 Å². The molecule has 0 N–H and O–H groups in total. The van der Waals surface area contributed by atoms with E-state index in [1.807, 2.05) is 67.6 Å². The van der Waals surface area contributed by atoms with Gasteiger partial charge in [-0.2, -0.15) is 5.26 Å². The summed E-state index contributed by atoms with van der Waals surface area (Å²) in [6.07, 6.45) is 1.06. The molecule has 0 heterocycles. The van der Waals surface area contributed by atoms with E-state index in [-0.39, 0.29) is 11.8 Å². The monoisotopic (exact) mass is 292 g/mol. The summed E-state index contributed by atoms with van der Waals surface area (Å²) < 4.78 is 0. The van der Waals surface area contributed by atoms with Crippen LogP contribution in [0.5, 0.6) is 0 Å². The van der Waals surface area contributed by atoms with Gasteiger partial charge in [0.15, 0.2) is 0 Å². The summed E-state index contributed by atoms with van der Waals surface area (Å²) in [5.41, 5.74) is 1.87. The second-order valence-electron chi connectivity index (χ2n) is 5.11. The molecule has 2 aromatic rings. The number of nitrogens with zero attached hydrogens (tertiary/aromatic N) is 2. The van der Waals surface area contributed by atoms with Crippen LogP contribution in [0.4, 0.5) is 5.69 Å². The first kappa shape index (κ1) is 15.8. The Labute approximate surface area is 131 Å². The minimum atomic E-state index is -0.180. The van der Waals surface area contributed by atoms with E-state index in [2.05, 4.69) is 6.07 Å². The van der Waals surface area contributed by atoms with Crippen LogP contribution in [0.25, 0.3) is 0 Å². The Hall–Kier alpha value is -2.60. The van der Waals surface area contributed by atoms with Gasteiger partial charge in [0, 0.05) is 12.2 Å². The molecule has 2 aromatic carbocycles. The minimum absolute atomic E-state index is 0.0511. The Kier molecular flexibility index (Phi) is 5.73. The number of carbonyl (C=O) groups excluding carboxylic acids is 1. The molecule has 112 valence electrons. The summed E-state index contributed by atoms with van der Waals surface area (Å²) in [6, 6.07) is 21.5. The maximum atomic E-state index is 13.0. The van der Waals surface area contributed by atoms with Gasteiger partial charge in [0.1, 0.15) is 0 Å². The van der Waals surface area contributed by atoms with Crippen molar-refractivity contribution in [3.05, 3.63) is 66.2 Å². The molecule has 2 rings (SSSR count). The number of anilines is 1. The molecule has 0 saturated heterocycles. The lowest BCUT2D eigenvalue weighted by Crippen LogP contribution is -2.35. The van der Waals surface area contributed by atoms with E-state index in [1.165, 1.54) is 0 Å². The van der Waals surface area contributed by atoms with Crippen molar-refractivity contribution in [1.29, 1.82) is 5.26 Å². The zero-order valence-electron chi connectivity index (χ0n) is 12.8. The van der Waals surface area contributed by atoms with Crippen molar-refractivity contribution in [1.82, 2.24) is 0 Å². The topological polar surface area (TPSA) is 44.1 Å². The van der Waals surface area contributed by atoms with Gasteiger partial charge >= 0.3 is 0 Å². The third-order valence-corrected chi connectivity index (χ3v) is 3.69. The van der Waals surface area contributed by atoms with Crippen LogP contribution in [-0.2, 0) is 4.79 Å². The van der Waals surface area contributed by atoms with Gasteiger partial charge in [0.25, 0.3) is 0 Å². The van der Waals surface area contributed by atoms with E-state index >= 15 is 0 Å². The smallest absolute Gasteiger partial charge is 0.234 e. The zero-order chi connectivity index (χ0) is 15.8. The van der Waals surface area contributed by atoms with Crippen LogP contribution >= 0.6 is 0 Å². The van der Waals surface area contributed by atoms with Crippen LogP contribution in [0.3, 0.4) is 0 Å². The van der Waals surface area contributed by atoms with E-state index < -0.39 is 0 Å². The predicted octanol–water partition coefficient (Wildman–Crippen LogP) is 4.13. The van der Waals surface area contributed by atoms with Crippen molar-refractivity contribution in [2.24, 2.45) is 0 Å². The Morgan fingerprint density at radius 1 is 1.09 bits per heavy atom. The van der Waals surface area contributed by atoms with Crippen molar-refractivity contribution in [3.63, 3.8) is 0 Å². The van der Waals surface area contributed by atoms with Crippen LogP contribution in [0, 0.1) is 11.3 Å². The highest BCUT2D eigenvalue weighted by molar-refractivity contribution is 5.98. The summed E-state index contributed by atoms with van der Waals surface area (Å²) in [5, 5.41) is 8.87. The number of hydrogen-bond donors (Lipinski definition) is 0. The molecule has 1 amide bonds. The van der Waals surface area contributed by atoms with E-state index in [9.17, 15) is 4.79 Å². The van der Waals surface area contributed by atoms with Gasteiger partial charge in [-0.25, -0.2) is 0 Å². The fourth-order valence-corrected chi connectivity index (χ4v) is 2.56. The third kappa shape index (κ3) is 3.73. The number of carbonyl (C=O) groups is 1. The molecule has 0 radical (unpaired) electrons. The van der Waals surface area contributed by atoms with Crippen molar-refractivity contribution in [2.45, 2.75) is 25.7 Å². The second-order valence-corrected chi connectivity index (χ2v) is 5.11. The zero-order valence-corrected chi connectivity index (χ0v) is 12.8. The highest BCUT2D eigenvalue weighted by Crippen LogP contribution is 2.25. The highest BCUT2D eigenvalue weighted by Gasteiger charge is 2.25. The van der Waals surface area contributed by atoms with Crippen LogP contribution in [0.2, 0.25) is 0 Å². The van der Waals surface area contributed by atoms with E-state index in [4.69, 9.17) is 5.26 Å². The first-order valence-electron chi connectivity index (χ1n) is 7.56. The molecule has 0 aromatic heterocycles. The van der Waals surface area contributed by atoms with Crippen molar-refractivity contribution in [2.75, 3.05) is 11.4 Å². The molecule has 3 nitrogen and oxygen atoms in total. The predicted molar refractivity (Wildman–Crippen MR) is 88.5 cm³/mol. The Morgan fingerprint density at radius 3 is 2.23 bits per heavy atom. The number of para-hydroxylation sites is 1. The van der Waals surface area contributed by atoms with Gasteiger partial charge < -0.3 is 4.90 Å². The SMILES string of the molecule is CCC(C(=O)N(CCC#N)c1ccccc1)c1ccccc1. The molecule has 0 spiro atoms. The summed E-state index contributed by atoms with van der Waals surface area (Å²) >= 11 is 0. The average molecular weight is 292 g/mol. The maximum absolute atomic E-state index is 13.0. The van der Waals surface area contributed by atoms with E-state index in [1.54, 1.807) is 4.90 Å². The van der Waals surface area contributed by atoms with Crippen LogP contribution in [0.15, 0.2) is 60.7 Å². The lowest BCUT2D eigenvalue weighted by Gasteiger charge is -2.26. The Bertz CT molecular complexity index is 631. The number of benzene rings is 2. The molecule has 22 heavy (non-hydrogen) atoms. The van der Waals surface area contributed by atoms with Crippen LogP contribution < -0.4 is 4.90 Å². The number of nitriles is 1.